The van der Waals surface area contributed by atoms with E-state index >= 15 is 0 Å². The molecule has 0 aliphatic carbocycles. The number of anilines is 1. The van der Waals surface area contributed by atoms with Gasteiger partial charge in [-0.25, -0.2) is 15.0 Å². The molecule has 7 heteroatoms. The summed E-state index contributed by atoms with van der Waals surface area (Å²) in [6.07, 6.45) is 3.61. The van der Waals surface area contributed by atoms with Gasteiger partial charge in [0.1, 0.15) is 10.7 Å². The topological polar surface area (TPSA) is 60.4 Å². The van der Waals surface area contributed by atoms with Crippen LogP contribution in [0.25, 0.3) is 21.8 Å². The van der Waals surface area contributed by atoms with Crippen LogP contribution in [-0.4, -0.2) is 35.8 Å². The molecule has 0 saturated heterocycles. The molecule has 0 spiro atoms. The quantitative estimate of drug-likeness (QED) is 0.737. The van der Waals surface area contributed by atoms with E-state index in [9.17, 15) is 0 Å². The van der Waals surface area contributed by atoms with Crippen molar-refractivity contribution in [1.82, 2.24) is 15.0 Å². The molecule has 0 amide bonds. The van der Waals surface area contributed by atoms with E-state index in [1.54, 1.807) is 17.5 Å². The molecule has 116 valence electrons. The van der Waals surface area contributed by atoms with Crippen molar-refractivity contribution in [3.8, 4) is 33.3 Å². The highest BCUT2D eigenvalue weighted by molar-refractivity contribution is 7.13. The molecule has 6 nitrogen and oxygen atoms in total. The molecule has 1 aliphatic heterocycles. The molecule has 0 N–H and O–H groups in total. The zero-order valence-electron chi connectivity index (χ0n) is 12.7. The minimum absolute atomic E-state index is 0.258. The van der Waals surface area contributed by atoms with Crippen LogP contribution in [0.15, 0.2) is 36.0 Å². The van der Waals surface area contributed by atoms with Crippen molar-refractivity contribution in [2.45, 2.75) is 0 Å². The molecule has 0 bridgehead atoms. The van der Waals surface area contributed by atoms with Crippen LogP contribution in [-0.2, 0) is 0 Å². The van der Waals surface area contributed by atoms with E-state index in [1.807, 2.05) is 48.8 Å². The third-order valence-corrected chi connectivity index (χ3v) is 4.27. The van der Waals surface area contributed by atoms with Crippen LogP contribution in [0.4, 0.5) is 5.95 Å². The lowest BCUT2D eigenvalue weighted by Gasteiger charge is -2.13. The molecule has 2 aromatic heterocycles. The predicted octanol–water partition coefficient (Wildman–Crippen LogP) is 3.06. The van der Waals surface area contributed by atoms with Crippen LogP contribution >= 0.6 is 11.3 Å². The average molecular weight is 326 g/mol. The summed E-state index contributed by atoms with van der Waals surface area (Å²) in [5.74, 6) is 2.15. The van der Waals surface area contributed by atoms with E-state index in [-0.39, 0.29) is 6.79 Å². The smallest absolute Gasteiger partial charge is 0.231 e. The van der Waals surface area contributed by atoms with Crippen molar-refractivity contribution in [3.63, 3.8) is 0 Å². The zero-order valence-corrected chi connectivity index (χ0v) is 13.5. The fraction of sp³-hybridized carbons (Fsp3) is 0.188. The summed E-state index contributed by atoms with van der Waals surface area (Å²) in [4.78, 5) is 15.4. The maximum absolute atomic E-state index is 5.47. The van der Waals surface area contributed by atoms with Gasteiger partial charge in [-0.1, -0.05) is 6.07 Å². The van der Waals surface area contributed by atoms with Gasteiger partial charge in [0.15, 0.2) is 11.5 Å². The van der Waals surface area contributed by atoms with E-state index in [4.69, 9.17) is 9.47 Å². The van der Waals surface area contributed by atoms with Gasteiger partial charge in [0.25, 0.3) is 0 Å². The first-order valence-electron chi connectivity index (χ1n) is 7.06. The van der Waals surface area contributed by atoms with Crippen molar-refractivity contribution in [1.29, 1.82) is 0 Å². The summed E-state index contributed by atoms with van der Waals surface area (Å²) in [6, 6.07) is 5.84. The molecule has 23 heavy (non-hydrogen) atoms. The highest BCUT2D eigenvalue weighted by Gasteiger charge is 2.18. The molecular formula is C16H14N4O2S. The lowest BCUT2D eigenvalue weighted by molar-refractivity contribution is 0.174. The Bertz CT molecular complexity index is 849. The Labute approximate surface area is 137 Å². The summed E-state index contributed by atoms with van der Waals surface area (Å²) in [5.41, 5.74) is 2.71. The maximum atomic E-state index is 5.47. The van der Waals surface area contributed by atoms with Gasteiger partial charge in [-0.2, -0.15) is 0 Å². The molecular weight excluding hydrogens is 312 g/mol. The SMILES string of the molecule is CN(C)c1ncc(-c2ccc3c(c2)OCO3)c(-c2nccs2)n1. The van der Waals surface area contributed by atoms with E-state index in [1.165, 1.54) is 0 Å². The minimum atomic E-state index is 0.258. The van der Waals surface area contributed by atoms with Crippen LogP contribution in [0.3, 0.4) is 0 Å². The third kappa shape index (κ3) is 2.49. The second-order valence-electron chi connectivity index (χ2n) is 5.23. The summed E-state index contributed by atoms with van der Waals surface area (Å²) in [5, 5.41) is 2.80. The second-order valence-corrected chi connectivity index (χ2v) is 6.13. The first kappa shape index (κ1) is 14.0. The normalized spacial score (nSPS) is 12.4. The minimum Gasteiger partial charge on any atom is -0.454 e. The summed E-state index contributed by atoms with van der Waals surface area (Å²) in [6.45, 7) is 0.258. The number of aromatic nitrogens is 3. The van der Waals surface area contributed by atoms with Crippen LogP contribution in [0.5, 0.6) is 11.5 Å². The van der Waals surface area contributed by atoms with Gasteiger partial charge in [0.2, 0.25) is 12.7 Å². The Balaban J connectivity index is 1.87. The Morgan fingerprint density at radius 1 is 1.13 bits per heavy atom. The number of nitrogens with zero attached hydrogens (tertiary/aromatic N) is 4. The fourth-order valence-electron chi connectivity index (χ4n) is 2.37. The van der Waals surface area contributed by atoms with Crippen LogP contribution in [0, 0.1) is 0 Å². The fourth-order valence-corrected chi connectivity index (χ4v) is 3.01. The Hall–Kier alpha value is -2.67. The van der Waals surface area contributed by atoms with Gasteiger partial charge in [0.05, 0.1) is 0 Å². The Kier molecular flexibility index (Phi) is 3.34. The number of hydrogen-bond acceptors (Lipinski definition) is 7. The van der Waals surface area contributed by atoms with Gasteiger partial charge in [0, 0.05) is 37.4 Å². The highest BCUT2D eigenvalue weighted by Crippen LogP contribution is 2.39. The second kappa shape index (κ2) is 5.51. The standard InChI is InChI=1S/C16H14N4O2S/c1-20(2)16-18-8-11(14(19-16)15-17-5-6-23-15)10-3-4-12-13(7-10)22-9-21-12/h3-8H,9H2,1-2H3. The van der Waals surface area contributed by atoms with E-state index in [2.05, 4.69) is 15.0 Å². The number of benzene rings is 1. The first-order valence-corrected chi connectivity index (χ1v) is 7.94. The average Bonchev–Trinajstić information content (AvgIpc) is 3.25. The van der Waals surface area contributed by atoms with Crippen LogP contribution in [0.1, 0.15) is 0 Å². The zero-order chi connectivity index (χ0) is 15.8. The Morgan fingerprint density at radius 3 is 2.78 bits per heavy atom. The number of ether oxygens (including phenoxy) is 2. The van der Waals surface area contributed by atoms with Gasteiger partial charge in [-0.05, 0) is 17.7 Å². The molecule has 1 aromatic carbocycles. The molecule has 4 rings (SSSR count). The van der Waals surface area contributed by atoms with E-state index in [0.717, 1.165) is 33.3 Å². The van der Waals surface area contributed by atoms with Gasteiger partial charge in [-0.15, -0.1) is 11.3 Å². The van der Waals surface area contributed by atoms with Crippen LogP contribution < -0.4 is 14.4 Å². The first-order chi connectivity index (χ1) is 11.2. The lowest BCUT2D eigenvalue weighted by Crippen LogP contribution is -2.13. The van der Waals surface area contributed by atoms with E-state index in [0.29, 0.717) is 5.95 Å². The number of hydrogen-bond donors (Lipinski definition) is 0. The molecule has 0 fully saturated rings. The van der Waals surface area contributed by atoms with Gasteiger partial charge in [-0.3, -0.25) is 0 Å². The number of thiazole rings is 1. The summed E-state index contributed by atoms with van der Waals surface area (Å²) >= 11 is 1.55. The molecule has 3 heterocycles. The maximum Gasteiger partial charge on any atom is 0.231 e. The summed E-state index contributed by atoms with van der Waals surface area (Å²) in [7, 11) is 3.84. The van der Waals surface area contributed by atoms with Gasteiger partial charge < -0.3 is 14.4 Å². The lowest BCUT2D eigenvalue weighted by atomic mass is 10.1. The van der Waals surface area contributed by atoms with Crippen molar-refractivity contribution in [2.24, 2.45) is 0 Å². The third-order valence-electron chi connectivity index (χ3n) is 3.49. The van der Waals surface area contributed by atoms with E-state index < -0.39 is 0 Å². The largest absolute Gasteiger partial charge is 0.454 e. The molecule has 0 atom stereocenters. The van der Waals surface area contributed by atoms with Crippen molar-refractivity contribution in [3.05, 3.63) is 36.0 Å². The molecule has 1 aliphatic rings. The number of fused-ring (bicyclic) bond motifs is 1. The predicted molar refractivity (Wildman–Crippen MR) is 89.0 cm³/mol. The monoisotopic (exact) mass is 326 g/mol. The van der Waals surface area contributed by atoms with Crippen molar-refractivity contribution in [2.75, 3.05) is 25.8 Å². The van der Waals surface area contributed by atoms with Crippen molar-refractivity contribution < 1.29 is 9.47 Å². The Morgan fingerprint density at radius 2 is 2.00 bits per heavy atom. The van der Waals surface area contributed by atoms with Crippen molar-refractivity contribution >= 4 is 17.3 Å². The van der Waals surface area contributed by atoms with Gasteiger partial charge >= 0.3 is 0 Å². The number of rotatable bonds is 3. The highest BCUT2D eigenvalue weighted by atomic mass is 32.1. The molecule has 0 radical (unpaired) electrons. The van der Waals surface area contributed by atoms with Crippen LogP contribution in [0.2, 0.25) is 0 Å². The summed E-state index contributed by atoms with van der Waals surface area (Å²) < 4.78 is 10.8. The molecule has 0 unspecified atom stereocenters. The molecule has 0 saturated carbocycles. The molecule has 3 aromatic rings.